The van der Waals surface area contributed by atoms with Crippen molar-refractivity contribution < 1.29 is 0 Å². The Morgan fingerprint density at radius 2 is 2.06 bits per heavy atom. The van der Waals surface area contributed by atoms with E-state index < -0.39 is 0 Å². The maximum Gasteiger partial charge on any atom is 0.121 e. The Bertz CT molecular complexity index is 506. The molecule has 0 amide bonds. The summed E-state index contributed by atoms with van der Waals surface area (Å²) in [5.74, 6) is 1.00. The van der Waals surface area contributed by atoms with Crippen LogP contribution >= 0.6 is 0 Å². The molecule has 2 rings (SSSR count). The lowest BCUT2D eigenvalue weighted by molar-refractivity contribution is 0.419. The second kappa shape index (κ2) is 4.49. The number of fused-ring (bicyclic) bond motifs is 1. The van der Waals surface area contributed by atoms with Gasteiger partial charge in [-0.15, -0.1) is 0 Å². The number of aromatic nitrogens is 2. The molecule has 0 spiro atoms. The Morgan fingerprint density at radius 1 is 1.29 bits per heavy atom. The van der Waals surface area contributed by atoms with Gasteiger partial charge in [-0.2, -0.15) is 0 Å². The number of aryl methyl sites for hydroxylation is 1. The number of benzene rings is 1. The van der Waals surface area contributed by atoms with Crippen molar-refractivity contribution in [2.24, 2.45) is 0 Å². The van der Waals surface area contributed by atoms with E-state index in [2.05, 4.69) is 61.2 Å². The van der Waals surface area contributed by atoms with Crippen LogP contribution in [0.4, 0.5) is 0 Å². The van der Waals surface area contributed by atoms with Crippen molar-refractivity contribution in [1.29, 1.82) is 0 Å². The van der Waals surface area contributed by atoms with Crippen LogP contribution in [0.15, 0.2) is 18.2 Å². The van der Waals surface area contributed by atoms with E-state index in [0.717, 1.165) is 29.8 Å². The molecule has 0 aliphatic carbocycles. The van der Waals surface area contributed by atoms with Crippen molar-refractivity contribution in [3.8, 4) is 0 Å². The SMILES string of the molecule is CCc1ccc2nc(CNC(C)(C)C)[nH]c2c1. The van der Waals surface area contributed by atoms with Crippen LogP contribution in [-0.2, 0) is 13.0 Å². The molecule has 0 aliphatic rings. The molecule has 0 unspecified atom stereocenters. The first-order valence-electron chi connectivity index (χ1n) is 6.20. The van der Waals surface area contributed by atoms with Crippen molar-refractivity contribution >= 4 is 11.0 Å². The van der Waals surface area contributed by atoms with E-state index in [1.165, 1.54) is 5.56 Å². The monoisotopic (exact) mass is 231 g/mol. The number of imidazole rings is 1. The maximum absolute atomic E-state index is 4.57. The van der Waals surface area contributed by atoms with Gasteiger partial charge in [0.25, 0.3) is 0 Å². The number of nitrogens with one attached hydrogen (secondary N) is 2. The number of rotatable bonds is 3. The molecule has 92 valence electrons. The van der Waals surface area contributed by atoms with Crippen molar-refractivity contribution in [2.45, 2.75) is 46.2 Å². The first-order valence-corrected chi connectivity index (χ1v) is 6.20. The average Bonchev–Trinajstić information content (AvgIpc) is 2.66. The molecule has 0 saturated heterocycles. The molecule has 1 aromatic heterocycles. The molecule has 3 nitrogen and oxygen atoms in total. The largest absolute Gasteiger partial charge is 0.341 e. The third-order valence-electron chi connectivity index (χ3n) is 2.79. The van der Waals surface area contributed by atoms with Gasteiger partial charge in [0.2, 0.25) is 0 Å². The van der Waals surface area contributed by atoms with Gasteiger partial charge in [-0.3, -0.25) is 0 Å². The molecule has 1 heterocycles. The number of hydrogen-bond donors (Lipinski definition) is 2. The highest BCUT2D eigenvalue weighted by Gasteiger charge is 2.10. The second-order valence-electron chi connectivity index (χ2n) is 5.49. The van der Waals surface area contributed by atoms with Crippen LogP contribution in [-0.4, -0.2) is 15.5 Å². The Hall–Kier alpha value is -1.35. The summed E-state index contributed by atoms with van der Waals surface area (Å²) in [5, 5.41) is 3.43. The first-order chi connectivity index (χ1) is 7.98. The average molecular weight is 231 g/mol. The fourth-order valence-corrected chi connectivity index (χ4v) is 1.76. The van der Waals surface area contributed by atoms with Crippen LogP contribution in [0.2, 0.25) is 0 Å². The Balaban J connectivity index is 2.20. The molecular formula is C14H21N3. The molecular weight excluding hydrogens is 210 g/mol. The quantitative estimate of drug-likeness (QED) is 0.852. The minimum Gasteiger partial charge on any atom is -0.341 e. The van der Waals surface area contributed by atoms with E-state index in [-0.39, 0.29) is 5.54 Å². The van der Waals surface area contributed by atoms with Crippen LogP contribution in [0.25, 0.3) is 11.0 Å². The van der Waals surface area contributed by atoms with E-state index in [0.29, 0.717) is 0 Å². The number of nitrogens with zero attached hydrogens (tertiary/aromatic N) is 1. The zero-order valence-corrected chi connectivity index (χ0v) is 11.1. The summed E-state index contributed by atoms with van der Waals surface area (Å²) in [6, 6.07) is 6.41. The molecule has 2 aromatic rings. The molecule has 0 aliphatic heterocycles. The summed E-state index contributed by atoms with van der Waals surface area (Å²) < 4.78 is 0. The minimum atomic E-state index is 0.119. The van der Waals surface area contributed by atoms with Crippen LogP contribution in [0.5, 0.6) is 0 Å². The highest BCUT2D eigenvalue weighted by Crippen LogP contribution is 2.14. The lowest BCUT2D eigenvalue weighted by Gasteiger charge is -2.19. The van der Waals surface area contributed by atoms with Crippen molar-refractivity contribution in [3.63, 3.8) is 0 Å². The zero-order chi connectivity index (χ0) is 12.5. The summed E-state index contributed by atoms with van der Waals surface area (Å²) in [5.41, 5.74) is 3.65. The lowest BCUT2D eigenvalue weighted by Crippen LogP contribution is -2.35. The predicted octanol–water partition coefficient (Wildman–Crippen LogP) is 3.01. The smallest absolute Gasteiger partial charge is 0.121 e. The molecule has 0 saturated carbocycles. The molecule has 0 radical (unpaired) electrons. The van der Waals surface area contributed by atoms with Gasteiger partial charge in [0.05, 0.1) is 17.6 Å². The topological polar surface area (TPSA) is 40.7 Å². The Kier molecular flexibility index (Phi) is 3.20. The fraction of sp³-hybridized carbons (Fsp3) is 0.500. The fourth-order valence-electron chi connectivity index (χ4n) is 1.76. The molecule has 1 aromatic carbocycles. The van der Waals surface area contributed by atoms with Crippen LogP contribution in [0.1, 0.15) is 39.1 Å². The normalized spacial score (nSPS) is 12.2. The van der Waals surface area contributed by atoms with Gasteiger partial charge in [0, 0.05) is 5.54 Å². The predicted molar refractivity (Wildman–Crippen MR) is 72.1 cm³/mol. The van der Waals surface area contributed by atoms with Gasteiger partial charge in [-0.1, -0.05) is 13.0 Å². The number of aromatic amines is 1. The molecule has 2 N–H and O–H groups in total. The summed E-state index contributed by atoms with van der Waals surface area (Å²) in [4.78, 5) is 7.94. The molecule has 3 heteroatoms. The first kappa shape index (κ1) is 12.1. The van der Waals surface area contributed by atoms with Crippen molar-refractivity contribution in [3.05, 3.63) is 29.6 Å². The Morgan fingerprint density at radius 3 is 2.71 bits per heavy atom. The van der Waals surface area contributed by atoms with Gasteiger partial charge >= 0.3 is 0 Å². The molecule has 0 bridgehead atoms. The van der Waals surface area contributed by atoms with Crippen molar-refractivity contribution in [1.82, 2.24) is 15.3 Å². The highest BCUT2D eigenvalue weighted by atomic mass is 15.0. The van der Waals surface area contributed by atoms with Gasteiger partial charge in [-0.25, -0.2) is 4.98 Å². The summed E-state index contributed by atoms with van der Waals surface area (Å²) in [6.07, 6.45) is 1.06. The number of H-pyrrole nitrogens is 1. The Labute approximate surface area is 103 Å². The van der Waals surface area contributed by atoms with E-state index in [4.69, 9.17) is 0 Å². The third-order valence-corrected chi connectivity index (χ3v) is 2.79. The van der Waals surface area contributed by atoms with Crippen molar-refractivity contribution in [2.75, 3.05) is 0 Å². The summed E-state index contributed by atoms with van der Waals surface area (Å²) in [6.45, 7) is 9.42. The van der Waals surface area contributed by atoms with Crippen LogP contribution in [0, 0.1) is 0 Å². The summed E-state index contributed by atoms with van der Waals surface area (Å²) >= 11 is 0. The lowest BCUT2D eigenvalue weighted by atomic mass is 10.1. The van der Waals surface area contributed by atoms with Gasteiger partial charge < -0.3 is 10.3 Å². The second-order valence-corrected chi connectivity index (χ2v) is 5.49. The highest BCUT2D eigenvalue weighted by molar-refractivity contribution is 5.75. The van der Waals surface area contributed by atoms with Gasteiger partial charge in [-0.05, 0) is 44.9 Å². The van der Waals surface area contributed by atoms with E-state index in [1.54, 1.807) is 0 Å². The summed E-state index contributed by atoms with van der Waals surface area (Å²) in [7, 11) is 0. The number of hydrogen-bond acceptors (Lipinski definition) is 2. The van der Waals surface area contributed by atoms with Crippen LogP contribution in [0.3, 0.4) is 0 Å². The van der Waals surface area contributed by atoms with Crippen LogP contribution < -0.4 is 5.32 Å². The minimum absolute atomic E-state index is 0.119. The van der Waals surface area contributed by atoms with Gasteiger partial charge in [0.15, 0.2) is 0 Å². The van der Waals surface area contributed by atoms with E-state index >= 15 is 0 Å². The molecule has 0 fully saturated rings. The standard InChI is InChI=1S/C14H21N3/c1-5-10-6-7-11-12(8-10)17-13(16-11)9-15-14(2,3)4/h6-8,15H,5,9H2,1-4H3,(H,16,17). The van der Waals surface area contributed by atoms with E-state index in [9.17, 15) is 0 Å². The zero-order valence-electron chi connectivity index (χ0n) is 11.1. The maximum atomic E-state index is 4.57. The van der Waals surface area contributed by atoms with E-state index in [1.807, 2.05) is 0 Å². The van der Waals surface area contributed by atoms with Gasteiger partial charge in [0.1, 0.15) is 5.82 Å². The molecule has 0 atom stereocenters. The molecule has 17 heavy (non-hydrogen) atoms. The third kappa shape index (κ3) is 3.07.